The van der Waals surface area contributed by atoms with Gasteiger partial charge in [0, 0.05) is 22.8 Å². The number of nitrogens with zero attached hydrogens (tertiary/aromatic N) is 2. The summed E-state index contributed by atoms with van der Waals surface area (Å²) < 4.78 is 0. The number of hydrogen-bond donors (Lipinski definition) is 2. The van der Waals surface area contributed by atoms with E-state index in [4.69, 9.17) is 0 Å². The Labute approximate surface area is 148 Å². The molecular formula is C21H24N3O+. The van der Waals surface area contributed by atoms with E-state index in [1.807, 2.05) is 12.1 Å². The third-order valence-corrected chi connectivity index (χ3v) is 5.21. The second kappa shape index (κ2) is 6.73. The number of para-hydroxylation sites is 1. The summed E-state index contributed by atoms with van der Waals surface area (Å²) in [5.74, 6) is 0.263. The van der Waals surface area contributed by atoms with Crippen LogP contribution in [0.25, 0.3) is 10.9 Å². The van der Waals surface area contributed by atoms with Gasteiger partial charge in [-0.2, -0.15) is 0 Å². The van der Waals surface area contributed by atoms with Gasteiger partial charge >= 0.3 is 0 Å². The largest absolute Gasteiger partial charge is 0.506 e. The Balaban J connectivity index is 1.48. The highest BCUT2D eigenvalue weighted by Crippen LogP contribution is 2.25. The molecule has 1 aliphatic heterocycles. The molecule has 2 N–H and O–H groups in total. The Morgan fingerprint density at radius 3 is 2.64 bits per heavy atom. The van der Waals surface area contributed by atoms with Gasteiger partial charge in [-0.1, -0.05) is 24.3 Å². The highest BCUT2D eigenvalue weighted by Gasteiger charge is 2.22. The van der Waals surface area contributed by atoms with Crippen molar-refractivity contribution in [3.05, 3.63) is 65.9 Å². The molecule has 25 heavy (non-hydrogen) atoms. The number of hydrogen-bond acceptors (Lipinski definition) is 3. The molecule has 1 aliphatic rings. The monoisotopic (exact) mass is 334 g/mol. The summed E-state index contributed by atoms with van der Waals surface area (Å²) in [7, 11) is 0. The van der Waals surface area contributed by atoms with E-state index in [-0.39, 0.29) is 5.75 Å². The van der Waals surface area contributed by atoms with Crippen molar-refractivity contribution in [2.24, 2.45) is 0 Å². The number of fused-ring (bicyclic) bond motifs is 1. The lowest BCUT2D eigenvalue weighted by Gasteiger charge is -2.34. The molecular weight excluding hydrogens is 310 g/mol. The van der Waals surface area contributed by atoms with Gasteiger partial charge in [-0.3, -0.25) is 4.98 Å². The number of pyridine rings is 1. The molecule has 4 heteroatoms. The maximum absolute atomic E-state index is 10.0. The van der Waals surface area contributed by atoms with E-state index in [0.29, 0.717) is 5.52 Å². The Hall–Kier alpha value is -2.59. The van der Waals surface area contributed by atoms with Crippen LogP contribution in [0.15, 0.2) is 54.7 Å². The van der Waals surface area contributed by atoms with Gasteiger partial charge in [0.2, 0.25) is 0 Å². The molecule has 0 radical (unpaired) electrons. The number of aromatic nitrogens is 1. The first-order chi connectivity index (χ1) is 12.2. The summed E-state index contributed by atoms with van der Waals surface area (Å²) in [6.45, 7) is 7.56. The van der Waals surface area contributed by atoms with E-state index in [0.717, 1.165) is 38.1 Å². The van der Waals surface area contributed by atoms with Crippen LogP contribution in [0.2, 0.25) is 0 Å². The number of benzene rings is 2. The first-order valence-electron chi connectivity index (χ1n) is 8.92. The van der Waals surface area contributed by atoms with Gasteiger partial charge in [0.05, 0.1) is 26.2 Å². The zero-order valence-electron chi connectivity index (χ0n) is 14.6. The predicted octanol–water partition coefficient (Wildman–Crippen LogP) is 2.15. The molecule has 1 saturated heterocycles. The molecule has 2 heterocycles. The predicted molar refractivity (Wildman–Crippen MR) is 101 cm³/mol. The van der Waals surface area contributed by atoms with Gasteiger partial charge in [-0.15, -0.1) is 0 Å². The summed E-state index contributed by atoms with van der Waals surface area (Å²) in [6, 6.07) is 16.4. The van der Waals surface area contributed by atoms with E-state index in [9.17, 15) is 5.11 Å². The van der Waals surface area contributed by atoms with Crippen LogP contribution < -0.4 is 9.80 Å². The Morgan fingerprint density at radius 2 is 1.84 bits per heavy atom. The maximum Gasteiger partial charge on any atom is 0.141 e. The Morgan fingerprint density at radius 1 is 1.04 bits per heavy atom. The molecule has 2 aromatic carbocycles. The second-order valence-corrected chi connectivity index (χ2v) is 6.84. The lowest BCUT2D eigenvalue weighted by molar-refractivity contribution is -0.914. The molecule has 0 atom stereocenters. The maximum atomic E-state index is 10.0. The van der Waals surface area contributed by atoms with Crippen LogP contribution in [-0.4, -0.2) is 36.3 Å². The zero-order valence-corrected chi connectivity index (χ0v) is 14.6. The average Bonchev–Trinajstić information content (AvgIpc) is 2.65. The standard InChI is InChI=1S/C21H23N3O/c1-16-5-2-3-7-19(16)24-13-11-23(12-14-24)15-17-8-9-20(25)21-18(17)6-4-10-22-21/h2-10,25H,11-15H2,1H3/p+1. The fourth-order valence-corrected chi connectivity index (χ4v) is 3.80. The van der Waals surface area contributed by atoms with Crippen LogP contribution >= 0.6 is 0 Å². The number of aromatic hydroxyl groups is 1. The van der Waals surface area contributed by atoms with Crippen molar-refractivity contribution in [1.82, 2.24) is 4.98 Å². The fraction of sp³-hybridized carbons (Fsp3) is 0.286. The minimum atomic E-state index is 0.263. The number of rotatable bonds is 3. The van der Waals surface area contributed by atoms with E-state index >= 15 is 0 Å². The Bertz CT molecular complexity index is 885. The van der Waals surface area contributed by atoms with Crippen molar-refractivity contribution in [1.29, 1.82) is 0 Å². The van der Waals surface area contributed by atoms with Gasteiger partial charge in [0.1, 0.15) is 17.8 Å². The van der Waals surface area contributed by atoms with Gasteiger partial charge in [-0.25, -0.2) is 0 Å². The van der Waals surface area contributed by atoms with Gasteiger partial charge in [-0.05, 0) is 36.8 Å². The molecule has 0 bridgehead atoms. The number of nitrogens with one attached hydrogen (secondary N) is 1. The zero-order chi connectivity index (χ0) is 17.2. The highest BCUT2D eigenvalue weighted by molar-refractivity contribution is 5.86. The van der Waals surface area contributed by atoms with Gasteiger partial charge < -0.3 is 14.9 Å². The van der Waals surface area contributed by atoms with Crippen molar-refractivity contribution in [2.45, 2.75) is 13.5 Å². The number of piperazine rings is 1. The SMILES string of the molecule is Cc1ccccc1N1CC[NH+](Cc2ccc(O)c3ncccc23)CC1. The topological polar surface area (TPSA) is 40.8 Å². The van der Waals surface area contributed by atoms with Gasteiger partial charge in [0.25, 0.3) is 0 Å². The Kier molecular flexibility index (Phi) is 4.28. The summed E-state index contributed by atoms with van der Waals surface area (Å²) in [5.41, 5.74) is 4.68. The first kappa shape index (κ1) is 15.9. The van der Waals surface area contributed by atoms with Crippen LogP contribution in [0.4, 0.5) is 5.69 Å². The molecule has 4 nitrogen and oxygen atoms in total. The van der Waals surface area contributed by atoms with Crippen LogP contribution in [0.5, 0.6) is 5.75 Å². The van der Waals surface area contributed by atoms with Crippen molar-refractivity contribution in [2.75, 3.05) is 31.1 Å². The second-order valence-electron chi connectivity index (χ2n) is 6.84. The van der Waals surface area contributed by atoms with Gasteiger partial charge in [0.15, 0.2) is 0 Å². The molecule has 0 amide bonds. The molecule has 0 unspecified atom stereocenters. The van der Waals surface area contributed by atoms with Crippen molar-refractivity contribution >= 4 is 16.6 Å². The van der Waals surface area contributed by atoms with Crippen LogP contribution in [-0.2, 0) is 6.54 Å². The fourth-order valence-electron chi connectivity index (χ4n) is 3.80. The molecule has 1 aromatic heterocycles. The number of quaternary nitrogens is 1. The third kappa shape index (κ3) is 3.17. The summed E-state index contributed by atoms with van der Waals surface area (Å²) in [5, 5.41) is 11.1. The van der Waals surface area contributed by atoms with Crippen molar-refractivity contribution < 1.29 is 10.0 Å². The quantitative estimate of drug-likeness (QED) is 0.771. The molecule has 4 rings (SSSR count). The van der Waals surface area contributed by atoms with E-state index in [2.05, 4.69) is 47.1 Å². The van der Waals surface area contributed by atoms with E-state index in [1.165, 1.54) is 16.8 Å². The van der Waals surface area contributed by atoms with Crippen LogP contribution in [0.3, 0.4) is 0 Å². The van der Waals surface area contributed by atoms with Crippen LogP contribution in [0, 0.1) is 6.92 Å². The number of anilines is 1. The van der Waals surface area contributed by atoms with Crippen LogP contribution in [0.1, 0.15) is 11.1 Å². The third-order valence-electron chi connectivity index (χ3n) is 5.21. The van der Waals surface area contributed by atoms with E-state index < -0.39 is 0 Å². The molecule has 1 fully saturated rings. The normalized spacial score (nSPS) is 15.6. The number of phenolic OH excluding ortho intramolecular Hbond substituents is 1. The lowest BCUT2D eigenvalue weighted by Crippen LogP contribution is -3.13. The molecule has 128 valence electrons. The summed E-state index contributed by atoms with van der Waals surface area (Å²) in [6.07, 6.45) is 1.74. The van der Waals surface area contributed by atoms with E-state index in [1.54, 1.807) is 17.2 Å². The molecule has 3 aromatic rings. The smallest absolute Gasteiger partial charge is 0.141 e. The van der Waals surface area contributed by atoms with Crippen molar-refractivity contribution in [3.63, 3.8) is 0 Å². The lowest BCUT2D eigenvalue weighted by atomic mass is 10.1. The minimum absolute atomic E-state index is 0.263. The molecule has 0 aliphatic carbocycles. The molecule has 0 saturated carbocycles. The van der Waals surface area contributed by atoms with Crippen molar-refractivity contribution in [3.8, 4) is 5.75 Å². The molecule has 0 spiro atoms. The minimum Gasteiger partial charge on any atom is -0.506 e. The number of phenols is 1. The first-order valence-corrected chi connectivity index (χ1v) is 8.92. The average molecular weight is 334 g/mol. The number of aryl methyl sites for hydroxylation is 1. The summed E-state index contributed by atoms with van der Waals surface area (Å²) >= 11 is 0. The summed E-state index contributed by atoms with van der Waals surface area (Å²) in [4.78, 5) is 8.41. The highest BCUT2D eigenvalue weighted by atomic mass is 16.3.